The molecule has 1 N–H and O–H groups in total. The van der Waals surface area contributed by atoms with Crippen LogP contribution in [0.15, 0.2) is 126 Å². The summed E-state index contributed by atoms with van der Waals surface area (Å²) in [6.07, 6.45) is -0.634. The molecular formula is C35H30ClN3O4S. The van der Waals surface area contributed by atoms with Gasteiger partial charge in [0.05, 0.1) is 23.3 Å². The number of fused-ring (bicyclic) bond motifs is 1. The molecule has 1 heterocycles. The maximum Gasteiger partial charge on any atom is 0.262 e. The molecule has 5 aromatic rings. The number of methoxy groups -OCH3 is 1. The number of halogens is 1. The highest BCUT2D eigenvalue weighted by molar-refractivity contribution is 7.92. The minimum Gasteiger partial charge on any atom is -0.497 e. The molecule has 1 amide bonds. The Bertz CT molecular complexity index is 1910. The number of hydrogen-bond donors (Lipinski definition) is 1. The number of anilines is 3. The highest BCUT2D eigenvalue weighted by Gasteiger charge is 2.41. The van der Waals surface area contributed by atoms with Crippen LogP contribution in [-0.2, 0) is 16.6 Å². The quantitative estimate of drug-likeness (QED) is 0.191. The monoisotopic (exact) mass is 623 g/mol. The number of sulfonamides is 1. The maximum atomic E-state index is 14.5. The maximum absolute atomic E-state index is 14.5. The van der Waals surface area contributed by atoms with Gasteiger partial charge in [-0.1, -0.05) is 77.8 Å². The zero-order chi connectivity index (χ0) is 30.8. The van der Waals surface area contributed by atoms with Gasteiger partial charge in [-0.2, -0.15) is 0 Å². The van der Waals surface area contributed by atoms with Gasteiger partial charge in [0.15, 0.2) is 0 Å². The number of benzene rings is 5. The Morgan fingerprint density at radius 3 is 2.20 bits per heavy atom. The number of carbonyl (C=O) groups is 1. The topological polar surface area (TPSA) is 78.9 Å². The van der Waals surface area contributed by atoms with E-state index in [1.807, 2.05) is 79.7 Å². The zero-order valence-electron chi connectivity index (χ0n) is 24.1. The van der Waals surface area contributed by atoms with Gasteiger partial charge in [0, 0.05) is 28.5 Å². The lowest BCUT2D eigenvalue weighted by Gasteiger charge is -2.46. The molecule has 0 spiro atoms. The molecule has 0 fully saturated rings. The van der Waals surface area contributed by atoms with Gasteiger partial charge in [0.1, 0.15) is 11.9 Å². The van der Waals surface area contributed by atoms with Gasteiger partial charge in [0.2, 0.25) is 0 Å². The fourth-order valence-corrected chi connectivity index (χ4v) is 6.71. The number of nitrogens with zero attached hydrogens (tertiary/aromatic N) is 2. The Morgan fingerprint density at radius 2 is 1.52 bits per heavy atom. The Labute approximate surface area is 262 Å². The molecule has 7 nitrogen and oxygen atoms in total. The second-order valence-corrected chi connectivity index (χ2v) is 12.6. The normalized spacial score (nSPS) is 14.7. The summed E-state index contributed by atoms with van der Waals surface area (Å²) >= 11 is 6.80. The molecule has 0 aliphatic carbocycles. The van der Waals surface area contributed by atoms with Crippen molar-refractivity contribution in [2.75, 3.05) is 21.6 Å². The van der Waals surface area contributed by atoms with Crippen LogP contribution in [0, 0.1) is 6.92 Å². The molecule has 6 rings (SSSR count). The van der Waals surface area contributed by atoms with Gasteiger partial charge in [0.25, 0.3) is 15.9 Å². The van der Waals surface area contributed by atoms with Crippen molar-refractivity contribution in [2.24, 2.45) is 0 Å². The summed E-state index contributed by atoms with van der Waals surface area (Å²) in [5.41, 5.74) is 4.65. The first-order chi connectivity index (χ1) is 21.2. The lowest BCUT2D eigenvalue weighted by atomic mass is 9.99. The molecule has 0 saturated carbocycles. The third-order valence-corrected chi connectivity index (χ3v) is 9.33. The summed E-state index contributed by atoms with van der Waals surface area (Å²) in [6.45, 7) is 2.36. The molecule has 0 saturated heterocycles. The van der Waals surface area contributed by atoms with Crippen molar-refractivity contribution in [3.05, 3.63) is 149 Å². The molecule has 44 heavy (non-hydrogen) atoms. The molecule has 1 aliphatic rings. The average molecular weight is 624 g/mol. The van der Waals surface area contributed by atoms with E-state index in [1.54, 1.807) is 48.4 Å². The first-order valence-electron chi connectivity index (χ1n) is 14.0. The molecule has 9 heteroatoms. The second-order valence-electron chi connectivity index (χ2n) is 10.5. The summed E-state index contributed by atoms with van der Waals surface area (Å²) < 4.78 is 35.1. The van der Waals surface area contributed by atoms with Crippen LogP contribution in [0.25, 0.3) is 0 Å². The predicted octanol–water partition coefficient (Wildman–Crippen LogP) is 7.82. The molecule has 1 aliphatic heterocycles. The highest BCUT2D eigenvalue weighted by atomic mass is 35.5. The molecule has 0 bridgehead atoms. The van der Waals surface area contributed by atoms with E-state index in [0.717, 1.165) is 16.7 Å². The van der Waals surface area contributed by atoms with Gasteiger partial charge < -0.3 is 9.64 Å². The van der Waals surface area contributed by atoms with Crippen molar-refractivity contribution in [2.45, 2.75) is 24.5 Å². The van der Waals surface area contributed by atoms with Crippen LogP contribution >= 0.6 is 11.6 Å². The standard InChI is InChI=1S/C35H30ClN3O4S/c1-24-12-14-26(15-13-24)37-44(41,42)29-20-21-33-31(22-29)35(40)39(27-16-18-28(43-2)19-17-27)34(30-10-6-7-11-32(30)36)38(33)23-25-8-4-3-5-9-25/h3-22,34,37H,23H2,1-2H3/t34-/m0/s1. The number of nitrogens with one attached hydrogen (secondary N) is 1. The fourth-order valence-electron chi connectivity index (χ4n) is 5.40. The summed E-state index contributed by atoms with van der Waals surface area (Å²) in [7, 11) is -2.42. The zero-order valence-corrected chi connectivity index (χ0v) is 25.7. The molecule has 222 valence electrons. The molecular weight excluding hydrogens is 594 g/mol. The van der Waals surface area contributed by atoms with Gasteiger partial charge >= 0.3 is 0 Å². The van der Waals surface area contributed by atoms with Crippen molar-refractivity contribution < 1.29 is 17.9 Å². The van der Waals surface area contributed by atoms with E-state index in [4.69, 9.17) is 16.3 Å². The fraction of sp³-hybridized carbons (Fsp3) is 0.114. The van der Waals surface area contributed by atoms with E-state index in [9.17, 15) is 13.2 Å². The van der Waals surface area contributed by atoms with Crippen LogP contribution in [0.4, 0.5) is 17.1 Å². The third kappa shape index (κ3) is 5.74. The predicted molar refractivity (Wildman–Crippen MR) is 175 cm³/mol. The SMILES string of the molecule is COc1ccc(N2C(=O)c3cc(S(=O)(=O)Nc4ccc(C)cc4)ccc3N(Cc3ccccc3)[C@@H]2c2ccccc2Cl)cc1. The second kappa shape index (κ2) is 12.1. The Kier molecular flexibility index (Phi) is 8.03. The summed E-state index contributed by atoms with van der Waals surface area (Å²) in [4.78, 5) is 18.3. The Morgan fingerprint density at radius 1 is 0.841 bits per heavy atom. The number of amides is 1. The van der Waals surface area contributed by atoms with Crippen LogP contribution in [0.1, 0.15) is 33.2 Å². The van der Waals surface area contributed by atoms with Gasteiger partial charge in [-0.3, -0.25) is 14.4 Å². The van der Waals surface area contributed by atoms with Crippen LogP contribution in [0.5, 0.6) is 5.75 Å². The van der Waals surface area contributed by atoms with Crippen molar-refractivity contribution in [3.8, 4) is 5.75 Å². The number of aryl methyl sites for hydroxylation is 1. The van der Waals surface area contributed by atoms with Crippen molar-refractivity contribution in [3.63, 3.8) is 0 Å². The summed E-state index contributed by atoms with van der Waals surface area (Å²) in [6, 6.07) is 36.3. The van der Waals surface area contributed by atoms with E-state index >= 15 is 0 Å². The van der Waals surface area contributed by atoms with Crippen LogP contribution in [-0.4, -0.2) is 21.4 Å². The molecule has 5 aromatic carbocycles. The average Bonchev–Trinajstić information content (AvgIpc) is 3.04. The molecule has 0 radical (unpaired) electrons. The van der Waals surface area contributed by atoms with Crippen molar-refractivity contribution in [1.82, 2.24) is 0 Å². The molecule has 0 aromatic heterocycles. The van der Waals surface area contributed by atoms with Gasteiger partial charge in [-0.15, -0.1) is 0 Å². The first-order valence-corrected chi connectivity index (χ1v) is 15.9. The number of carbonyl (C=O) groups excluding carboxylic acids is 1. The third-order valence-electron chi connectivity index (χ3n) is 7.61. The number of rotatable bonds is 8. The lowest BCUT2D eigenvalue weighted by Crippen LogP contribution is -2.49. The number of ether oxygens (including phenoxy) is 1. The summed E-state index contributed by atoms with van der Waals surface area (Å²) in [5.74, 6) is 0.288. The van der Waals surface area contributed by atoms with Crippen LogP contribution < -0.4 is 19.3 Å². The number of hydrogen-bond acceptors (Lipinski definition) is 5. The van der Waals surface area contributed by atoms with Gasteiger partial charge in [-0.05, 0) is 73.2 Å². The van der Waals surface area contributed by atoms with Crippen molar-refractivity contribution >= 4 is 44.6 Å². The van der Waals surface area contributed by atoms with E-state index < -0.39 is 16.2 Å². The smallest absolute Gasteiger partial charge is 0.262 e. The van der Waals surface area contributed by atoms with Crippen LogP contribution in [0.2, 0.25) is 5.02 Å². The lowest BCUT2D eigenvalue weighted by molar-refractivity contribution is 0.0968. The molecule has 1 atom stereocenters. The summed E-state index contributed by atoms with van der Waals surface area (Å²) in [5, 5.41) is 0.506. The minimum atomic E-state index is -4.00. The van der Waals surface area contributed by atoms with E-state index in [-0.39, 0.29) is 16.4 Å². The van der Waals surface area contributed by atoms with E-state index in [1.165, 1.54) is 12.1 Å². The Hall–Kier alpha value is -4.79. The Balaban J connectivity index is 1.53. The molecule has 0 unspecified atom stereocenters. The minimum absolute atomic E-state index is 0.0179. The highest BCUT2D eigenvalue weighted by Crippen LogP contribution is 2.45. The van der Waals surface area contributed by atoms with E-state index in [2.05, 4.69) is 9.62 Å². The van der Waals surface area contributed by atoms with Crippen molar-refractivity contribution in [1.29, 1.82) is 0 Å². The first kappa shape index (κ1) is 29.3. The van der Waals surface area contributed by atoms with Crippen LogP contribution in [0.3, 0.4) is 0 Å². The van der Waals surface area contributed by atoms with E-state index in [0.29, 0.717) is 34.4 Å². The van der Waals surface area contributed by atoms with Gasteiger partial charge in [-0.25, -0.2) is 8.42 Å². The largest absolute Gasteiger partial charge is 0.497 e.